The zero-order chi connectivity index (χ0) is 17.4. The van der Waals surface area contributed by atoms with Crippen molar-refractivity contribution in [1.29, 1.82) is 0 Å². The predicted molar refractivity (Wildman–Crippen MR) is 96.1 cm³/mol. The molecule has 132 valence electrons. The summed E-state index contributed by atoms with van der Waals surface area (Å²) in [6.07, 6.45) is 6.83. The van der Waals surface area contributed by atoms with Gasteiger partial charge in [0, 0.05) is 43.6 Å². The van der Waals surface area contributed by atoms with Gasteiger partial charge in [-0.2, -0.15) is 5.10 Å². The second-order valence-corrected chi connectivity index (χ2v) is 7.61. The van der Waals surface area contributed by atoms with Crippen molar-refractivity contribution in [2.45, 2.75) is 45.6 Å². The number of likely N-dealkylation sites (tertiary alicyclic amines) is 1. The van der Waals surface area contributed by atoms with Crippen LogP contribution in [0, 0.1) is 25.7 Å². The lowest BCUT2D eigenvalue weighted by Gasteiger charge is -2.32. The summed E-state index contributed by atoms with van der Waals surface area (Å²) in [6.45, 7) is 6.91. The minimum absolute atomic E-state index is 0.178. The Morgan fingerprint density at radius 1 is 1.28 bits per heavy atom. The van der Waals surface area contributed by atoms with Gasteiger partial charge in [0.2, 0.25) is 5.91 Å². The van der Waals surface area contributed by atoms with Gasteiger partial charge in [-0.15, -0.1) is 0 Å². The number of pyridine rings is 1. The molecule has 1 aliphatic heterocycles. The number of nitrogens with zero attached hydrogens (tertiary/aromatic N) is 4. The molecule has 0 unspecified atom stereocenters. The number of rotatable bonds is 4. The van der Waals surface area contributed by atoms with Gasteiger partial charge in [-0.25, -0.2) is 0 Å². The van der Waals surface area contributed by atoms with E-state index in [4.69, 9.17) is 0 Å². The van der Waals surface area contributed by atoms with E-state index in [2.05, 4.69) is 38.7 Å². The molecule has 0 N–H and O–H groups in total. The van der Waals surface area contributed by atoms with Crippen molar-refractivity contribution in [3.63, 3.8) is 0 Å². The Hall–Kier alpha value is -2.17. The van der Waals surface area contributed by atoms with E-state index in [1.807, 2.05) is 19.2 Å². The molecule has 3 heterocycles. The summed E-state index contributed by atoms with van der Waals surface area (Å²) in [6, 6.07) is 6.18. The molecule has 2 aromatic rings. The van der Waals surface area contributed by atoms with Crippen LogP contribution in [-0.2, 0) is 11.3 Å². The first kappa shape index (κ1) is 16.3. The largest absolute Gasteiger partial charge is 0.342 e. The molecule has 2 atom stereocenters. The zero-order valence-corrected chi connectivity index (χ0v) is 15.1. The highest BCUT2D eigenvalue weighted by molar-refractivity contribution is 5.83. The Morgan fingerprint density at radius 2 is 2.08 bits per heavy atom. The number of amides is 1. The van der Waals surface area contributed by atoms with Crippen molar-refractivity contribution in [1.82, 2.24) is 19.7 Å². The van der Waals surface area contributed by atoms with Crippen LogP contribution in [0.15, 0.2) is 30.6 Å². The quantitative estimate of drug-likeness (QED) is 0.861. The van der Waals surface area contributed by atoms with Gasteiger partial charge in [0.05, 0.1) is 5.69 Å². The molecule has 5 heteroatoms. The second-order valence-electron chi connectivity index (χ2n) is 7.61. The van der Waals surface area contributed by atoms with E-state index in [1.165, 1.54) is 11.3 Å². The average molecular weight is 338 g/mol. The second kappa shape index (κ2) is 6.62. The number of aromatic nitrogens is 3. The van der Waals surface area contributed by atoms with Gasteiger partial charge in [0.25, 0.3) is 0 Å². The maximum absolute atomic E-state index is 12.8. The van der Waals surface area contributed by atoms with Crippen LogP contribution in [0.3, 0.4) is 0 Å². The molecule has 1 aliphatic carbocycles. The first-order chi connectivity index (χ1) is 12.1. The van der Waals surface area contributed by atoms with Crippen LogP contribution < -0.4 is 0 Å². The van der Waals surface area contributed by atoms with Crippen molar-refractivity contribution < 1.29 is 4.79 Å². The highest BCUT2D eigenvalue weighted by Crippen LogP contribution is 2.48. The third kappa shape index (κ3) is 3.46. The van der Waals surface area contributed by atoms with Crippen LogP contribution in [0.5, 0.6) is 0 Å². The molecule has 2 fully saturated rings. The zero-order valence-electron chi connectivity index (χ0n) is 15.1. The fraction of sp³-hybridized carbons (Fsp3) is 0.550. The summed E-state index contributed by atoms with van der Waals surface area (Å²) in [7, 11) is 0. The van der Waals surface area contributed by atoms with E-state index in [9.17, 15) is 4.79 Å². The van der Waals surface area contributed by atoms with E-state index in [1.54, 1.807) is 6.20 Å². The van der Waals surface area contributed by atoms with Crippen LogP contribution in [0.4, 0.5) is 0 Å². The number of aryl methyl sites for hydroxylation is 2. The summed E-state index contributed by atoms with van der Waals surface area (Å²) < 4.78 is 2.12. The summed E-state index contributed by atoms with van der Waals surface area (Å²) in [4.78, 5) is 19.0. The average Bonchev–Trinajstić information content (AvgIpc) is 3.36. The fourth-order valence-corrected chi connectivity index (χ4v) is 4.11. The molecule has 25 heavy (non-hydrogen) atoms. The minimum atomic E-state index is 0.178. The molecule has 0 spiro atoms. The third-order valence-corrected chi connectivity index (χ3v) is 5.68. The van der Waals surface area contributed by atoms with Gasteiger partial charge >= 0.3 is 0 Å². The Morgan fingerprint density at radius 3 is 2.72 bits per heavy atom. The highest BCUT2D eigenvalue weighted by atomic mass is 16.2. The topological polar surface area (TPSA) is 51.0 Å². The Labute approximate surface area is 149 Å². The number of carbonyl (C=O) groups excluding carboxylic acids is 1. The van der Waals surface area contributed by atoms with Crippen molar-refractivity contribution in [3.05, 3.63) is 47.5 Å². The van der Waals surface area contributed by atoms with Crippen molar-refractivity contribution >= 4 is 5.91 Å². The smallest absolute Gasteiger partial charge is 0.226 e. The molecule has 4 rings (SSSR count). The van der Waals surface area contributed by atoms with Crippen LogP contribution >= 0.6 is 0 Å². The van der Waals surface area contributed by atoms with E-state index >= 15 is 0 Å². The maximum atomic E-state index is 12.8. The van der Waals surface area contributed by atoms with Crippen LogP contribution in [0.1, 0.15) is 42.1 Å². The standard InChI is InChI=1S/C20H26N4O/c1-14-10-15(2)24(22-14)13-16-5-8-23(9-6-16)20(25)19-11-18(19)17-4-3-7-21-12-17/h3-4,7,10,12,16,18-19H,5-6,8-9,11,13H2,1-2H3/t18-,19+/m1/s1. The van der Waals surface area contributed by atoms with Crippen LogP contribution in [0.2, 0.25) is 0 Å². The Bertz CT molecular complexity index is 746. The Balaban J connectivity index is 1.29. The monoisotopic (exact) mass is 338 g/mol. The van der Waals surface area contributed by atoms with Crippen molar-refractivity contribution in [3.8, 4) is 0 Å². The number of hydrogen-bond donors (Lipinski definition) is 0. The molecule has 1 saturated carbocycles. The summed E-state index contributed by atoms with van der Waals surface area (Å²) in [5.41, 5.74) is 3.52. The summed E-state index contributed by atoms with van der Waals surface area (Å²) >= 11 is 0. The van der Waals surface area contributed by atoms with Crippen molar-refractivity contribution in [2.24, 2.45) is 11.8 Å². The highest BCUT2D eigenvalue weighted by Gasteiger charge is 2.46. The molecular weight excluding hydrogens is 312 g/mol. The van der Waals surface area contributed by atoms with Crippen LogP contribution in [-0.4, -0.2) is 38.7 Å². The normalized spacial score (nSPS) is 23.7. The molecule has 5 nitrogen and oxygen atoms in total. The van der Waals surface area contributed by atoms with Crippen LogP contribution in [0.25, 0.3) is 0 Å². The summed E-state index contributed by atoms with van der Waals surface area (Å²) in [5.74, 6) is 1.53. The molecule has 1 amide bonds. The molecule has 0 aromatic carbocycles. The Kier molecular flexibility index (Phi) is 4.32. The number of carbonyl (C=O) groups is 1. The van der Waals surface area contributed by atoms with E-state index in [-0.39, 0.29) is 5.92 Å². The van der Waals surface area contributed by atoms with Gasteiger partial charge < -0.3 is 4.90 Å². The predicted octanol–water partition coefficient (Wildman–Crippen LogP) is 2.94. The summed E-state index contributed by atoms with van der Waals surface area (Å²) in [5, 5.41) is 4.57. The first-order valence-corrected chi connectivity index (χ1v) is 9.31. The van der Waals surface area contributed by atoms with E-state index in [0.717, 1.165) is 44.6 Å². The van der Waals surface area contributed by atoms with E-state index < -0.39 is 0 Å². The molecule has 0 radical (unpaired) electrons. The minimum Gasteiger partial charge on any atom is -0.342 e. The number of piperidine rings is 1. The van der Waals surface area contributed by atoms with Gasteiger partial charge in [-0.3, -0.25) is 14.5 Å². The molecular formula is C20H26N4O. The van der Waals surface area contributed by atoms with Gasteiger partial charge in [0.15, 0.2) is 0 Å². The lowest BCUT2D eigenvalue weighted by Crippen LogP contribution is -2.40. The number of hydrogen-bond acceptors (Lipinski definition) is 3. The lowest BCUT2D eigenvalue weighted by atomic mass is 9.96. The SMILES string of the molecule is Cc1cc(C)n(CC2CCN(C(=O)[C@H]3C[C@@H]3c3cccnc3)CC2)n1. The molecule has 2 aromatic heterocycles. The van der Waals surface area contributed by atoms with Gasteiger partial charge in [0.1, 0.15) is 0 Å². The maximum Gasteiger partial charge on any atom is 0.226 e. The van der Waals surface area contributed by atoms with Gasteiger partial charge in [-0.1, -0.05) is 6.07 Å². The molecule has 0 bridgehead atoms. The molecule has 1 saturated heterocycles. The van der Waals surface area contributed by atoms with Gasteiger partial charge in [-0.05, 0) is 62.6 Å². The van der Waals surface area contributed by atoms with Crippen molar-refractivity contribution in [2.75, 3.05) is 13.1 Å². The fourth-order valence-electron chi connectivity index (χ4n) is 4.11. The van der Waals surface area contributed by atoms with E-state index in [0.29, 0.717) is 17.7 Å². The lowest BCUT2D eigenvalue weighted by molar-refractivity contribution is -0.134. The first-order valence-electron chi connectivity index (χ1n) is 9.31. The third-order valence-electron chi connectivity index (χ3n) is 5.68. The molecule has 2 aliphatic rings.